The van der Waals surface area contributed by atoms with Crippen molar-refractivity contribution in [1.82, 2.24) is 9.21 Å². The molecule has 0 saturated carbocycles. The lowest BCUT2D eigenvalue weighted by atomic mass is 9.67. The molecule has 0 bridgehead atoms. The van der Waals surface area contributed by atoms with Crippen molar-refractivity contribution in [2.24, 2.45) is 5.41 Å². The van der Waals surface area contributed by atoms with E-state index < -0.39 is 21.7 Å². The van der Waals surface area contributed by atoms with Crippen LogP contribution >= 0.6 is 0 Å². The molecule has 1 atom stereocenters. The number of hydrogen-bond acceptors (Lipinski definition) is 4. The Balaban J connectivity index is 2.16. The summed E-state index contributed by atoms with van der Waals surface area (Å²) in [6.45, 7) is 8.54. The van der Waals surface area contributed by atoms with Gasteiger partial charge in [0.15, 0.2) is 0 Å². The predicted octanol–water partition coefficient (Wildman–Crippen LogP) is 0.810. The number of likely N-dealkylation sites (tertiary alicyclic amines) is 1. The number of piperidine rings is 2. The Morgan fingerprint density at radius 3 is 2.27 bits per heavy atom. The quantitative estimate of drug-likeness (QED) is 0.812. The average molecular weight is 332 g/mol. The van der Waals surface area contributed by atoms with E-state index in [2.05, 4.69) is 0 Å². The summed E-state index contributed by atoms with van der Waals surface area (Å²) in [5, 5.41) is 10.5. The Morgan fingerprint density at radius 2 is 1.82 bits per heavy atom. The summed E-state index contributed by atoms with van der Waals surface area (Å²) in [5.74, 6) is 0.0848. The molecule has 2 fully saturated rings. The maximum atomic E-state index is 12.0. The summed E-state index contributed by atoms with van der Waals surface area (Å²) in [7, 11) is -3.15. The normalized spacial score (nSPS) is 28.8. The second-order valence-electron chi connectivity index (χ2n) is 7.28. The van der Waals surface area contributed by atoms with Gasteiger partial charge in [0.2, 0.25) is 15.9 Å². The van der Waals surface area contributed by atoms with Crippen LogP contribution in [0.1, 0.15) is 47.0 Å². The number of nitrogens with zero attached hydrogens (tertiary/aromatic N) is 2. The van der Waals surface area contributed by atoms with E-state index in [4.69, 9.17) is 0 Å². The summed E-state index contributed by atoms with van der Waals surface area (Å²) in [4.78, 5) is 13.7. The van der Waals surface area contributed by atoms with Gasteiger partial charge in [0.1, 0.15) is 0 Å². The highest BCUT2D eigenvalue weighted by Crippen LogP contribution is 2.45. The van der Waals surface area contributed by atoms with Gasteiger partial charge in [-0.1, -0.05) is 0 Å². The fourth-order valence-corrected chi connectivity index (χ4v) is 4.85. The molecule has 1 spiro atoms. The van der Waals surface area contributed by atoms with Gasteiger partial charge in [0.05, 0.1) is 17.4 Å². The molecule has 0 radical (unpaired) electrons. The Morgan fingerprint density at radius 1 is 1.27 bits per heavy atom. The van der Waals surface area contributed by atoms with Gasteiger partial charge < -0.3 is 10.0 Å². The van der Waals surface area contributed by atoms with Crippen molar-refractivity contribution in [3.63, 3.8) is 0 Å². The van der Waals surface area contributed by atoms with Crippen LogP contribution in [0.3, 0.4) is 0 Å². The van der Waals surface area contributed by atoms with Gasteiger partial charge in [-0.25, -0.2) is 12.7 Å². The van der Waals surface area contributed by atoms with Gasteiger partial charge >= 0.3 is 0 Å². The van der Waals surface area contributed by atoms with E-state index in [9.17, 15) is 18.3 Å². The molecule has 6 nitrogen and oxygen atoms in total. The Kier molecular flexibility index (Phi) is 4.63. The van der Waals surface area contributed by atoms with Gasteiger partial charge in [0.25, 0.3) is 0 Å². The van der Waals surface area contributed by atoms with E-state index in [-0.39, 0.29) is 17.1 Å². The molecule has 2 heterocycles. The first-order chi connectivity index (χ1) is 10.0. The van der Waals surface area contributed by atoms with Crippen LogP contribution < -0.4 is 0 Å². The van der Waals surface area contributed by atoms with E-state index in [0.717, 1.165) is 0 Å². The zero-order chi connectivity index (χ0) is 16.8. The number of hydrogen-bond donors (Lipinski definition) is 1. The molecule has 0 aromatic heterocycles. The van der Waals surface area contributed by atoms with E-state index in [1.165, 1.54) is 6.92 Å². The van der Waals surface area contributed by atoms with Gasteiger partial charge in [-0.3, -0.25) is 4.79 Å². The third kappa shape index (κ3) is 3.03. The highest BCUT2D eigenvalue weighted by atomic mass is 32.2. The standard InChI is InChI=1S/C15H28N2O4S/c1-5-22(20,21)16-8-6-15(7-9-16)10-13(19)14(3,4)17(11-15)12(2)18/h13,19H,5-11H2,1-4H3/t13-/m0/s1. The molecule has 1 N–H and O–H groups in total. The summed E-state index contributed by atoms with van der Waals surface area (Å²) >= 11 is 0. The molecule has 128 valence electrons. The van der Waals surface area contributed by atoms with Crippen LogP contribution in [0.4, 0.5) is 0 Å². The molecular weight excluding hydrogens is 304 g/mol. The number of aliphatic hydroxyl groups excluding tert-OH is 1. The zero-order valence-electron chi connectivity index (χ0n) is 14.0. The topological polar surface area (TPSA) is 77.9 Å². The van der Waals surface area contributed by atoms with Crippen molar-refractivity contribution in [2.75, 3.05) is 25.4 Å². The van der Waals surface area contributed by atoms with E-state index in [1.807, 2.05) is 13.8 Å². The molecule has 0 aromatic carbocycles. The Bertz CT molecular complexity index is 536. The SMILES string of the molecule is CCS(=O)(=O)N1CCC2(CC1)C[C@H](O)C(C)(C)N(C(C)=O)C2. The van der Waals surface area contributed by atoms with Crippen LogP contribution in [0.25, 0.3) is 0 Å². The minimum absolute atomic E-state index is 0.0354. The fraction of sp³-hybridized carbons (Fsp3) is 0.933. The predicted molar refractivity (Wildman–Crippen MR) is 84.8 cm³/mol. The summed E-state index contributed by atoms with van der Waals surface area (Å²) in [6.07, 6.45) is 1.44. The van der Waals surface area contributed by atoms with E-state index in [0.29, 0.717) is 38.9 Å². The number of rotatable bonds is 2. The lowest BCUT2D eigenvalue weighted by Gasteiger charge is -2.55. The van der Waals surface area contributed by atoms with Crippen molar-refractivity contribution in [3.05, 3.63) is 0 Å². The van der Waals surface area contributed by atoms with Gasteiger partial charge in [-0.15, -0.1) is 0 Å². The molecule has 1 amide bonds. The van der Waals surface area contributed by atoms with E-state index >= 15 is 0 Å². The van der Waals surface area contributed by atoms with Crippen LogP contribution in [-0.4, -0.2) is 65.7 Å². The number of aliphatic hydroxyl groups is 1. The number of amides is 1. The maximum absolute atomic E-state index is 12.0. The fourth-order valence-electron chi connectivity index (χ4n) is 3.74. The second kappa shape index (κ2) is 5.76. The lowest BCUT2D eigenvalue weighted by Crippen LogP contribution is -2.64. The molecule has 2 rings (SSSR count). The monoisotopic (exact) mass is 332 g/mol. The smallest absolute Gasteiger partial charge is 0.219 e. The van der Waals surface area contributed by atoms with Crippen molar-refractivity contribution < 1.29 is 18.3 Å². The van der Waals surface area contributed by atoms with Crippen LogP contribution in [0.15, 0.2) is 0 Å². The highest BCUT2D eigenvalue weighted by Gasteiger charge is 2.50. The molecule has 22 heavy (non-hydrogen) atoms. The van der Waals surface area contributed by atoms with Crippen molar-refractivity contribution in [3.8, 4) is 0 Å². The minimum Gasteiger partial charge on any atom is -0.391 e. The molecule has 2 aliphatic rings. The average Bonchev–Trinajstić information content (AvgIpc) is 2.43. The number of carbonyl (C=O) groups is 1. The van der Waals surface area contributed by atoms with Crippen molar-refractivity contribution in [2.45, 2.75) is 58.6 Å². The first kappa shape index (κ1) is 17.7. The van der Waals surface area contributed by atoms with Crippen LogP contribution in [0.5, 0.6) is 0 Å². The molecule has 0 aromatic rings. The molecule has 7 heteroatoms. The van der Waals surface area contributed by atoms with Gasteiger partial charge in [-0.05, 0) is 45.4 Å². The van der Waals surface area contributed by atoms with Gasteiger partial charge in [-0.2, -0.15) is 0 Å². The Hall–Kier alpha value is -0.660. The number of sulfonamides is 1. The Labute approximate surface area is 133 Å². The summed E-state index contributed by atoms with van der Waals surface area (Å²) < 4.78 is 25.5. The first-order valence-electron chi connectivity index (χ1n) is 7.98. The molecule has 0 unspecified atom stereocenters. The molecule has 2 aliphatic heterocycles. The largest absolute Gasteiger partial charge is 0.391 e. The van der Waals surface area contributed by atoms with Crippen molar-refractivity contribution in [1.29, 1.82) is 0 Å². The van der Waals surface area contributed by atoms with E-state index in [1.54, 1.807) is 16.1 Å². The zero-order valence-corrected chi connectivity index (χ0v) is 14.8. The second-order valence-corrected chi connectivity index (χ2v) is 9.54. The highest BCUT2D eigenvalue weighted by molar-refractivity contribution is 7.89. The van der Waals surface area contributed by atoms with Crippen molar-refractivity contribution >= 4 is 15.9 Å². The molecule has 0 aliphatic carbocycles. The third-order valence-electron chi connectivity index (χ3n) is 5.55. The number of carbonyl (C=O) groups excluding carboxylic acids is 1. The van der Waals surface area contributed by atoms with Crippen LogP contribution in [-0.2, 0) is 14.8 Å². The van der Waals surface area contributed by atoms with Gasteiger partial charge in [0, 0.05) is 26.6 Å². The molecular formula is C15H28N2O4S. The van der Waals surface area contributed by atoms with Crippen LogP contribution in [0.2, 0.25) is 0 Å². The summed E-state index contributed by atoms with van der Waals surface area (Å²) in [6, 6.07) is 0. The maximum Gasteiger partial charge on any atom is 0.219 e. The van der Waals surface area contributed by atoms with Crippen LogP contribution in [0, 0.1) is 5.41 Å². The lowest BCUT2D eigenvalue weighted by molar-refractivity contribution is -0.156. The molecule has 2 saturated heterocycles. The first-order valence-corrected chi connectivity index (χ1v) is 9.59. The minimum atomic E-state index is -3.15. The summed E-state index contributed by atoms with van der Waals surface area (Å²) in [5.41, 5.74) is -0.732. The third-order valence-corrected chi connectivity index (χ3v) is 7.43.